The van der Waals surface area contributed by atoms with Crippen LogP contribution >= 0.6 is 0 Å². The molecule has 3 unspecified atom stereocenters. The van der Waals surface area contributed by atoms with Crippen molar-refractivity contribution in [3.05, 3.63) is 5.82 Å². The second-order valence-corrected chi connectivity index (χ2v) is 12.3. The molecule has 0 aromatic carbocycles. The van der Waals surface area contributed by atoms with Gasteiger partial charge in [-0.25, -0.2) is 4.98 Å². The Bertz CT molecular complexity index is 739. The Hall–Kier alpha value is -1.02. The average molecular weight is 548 g/mol. The van der Waals surface area contributed by atoms with E-state index in [9.17, 15) is 12.3 Å². The number of halogens is 1. The van der Waals surface area contributed by atoms with E-state index in [2.05, 4.69) is 63.6 Å². The van der Waals surface area contributed by atoms with Crippen molar-refractivity contribution in [3.63, 3.8) is 0 Å². The number of unbranched alkanes of at least 4 members (excludes halogenated alkanes) is 3. The highest BCUT2D eigenvalue weighted by molar-refractivity contribution is 7.86. The monoisotopic (exact) mass is 547 g/mol. The van der Waals surface area contributed by atoms with Crippen LogP contribution in [0.1, 0.15) is 131 Å². The molecule has 6 nitrogen and oxygen atoms in total. The smallest absolute Gasteiger partial charge is 0.323 e. The third-order valence-electron chi connectivity index (χ3n) is 8.03. The summed E-state index contributed by atoms with van der Waals surface area (Å²) < 4.78 is 33.4. The van der Waals surface area contributed by atoms with Crippen LogP contribution in [0.25, 0.3) is 0 Å². The Morgan fingerprint density at radius 1 is 0.757 bits per heavy atom. The molecule has 0 fully saturated rings. The molecular formula is C29H60FN4O2S+. The molecule has 37 heavy (non-hydrogen) atoms. The summed E-state index contributed by atoms with van der Waals surface area (Å²) in [4.78, 5) is 3.25. The van der Waals surface area contributed by atoms with Gasteiger partial charge >= 0.3 is 10.2 Å². The van der Waals surface area contributed by atoms with Crippen molar-refractivity contribution in [3.8, 4) is 0 Å². The van der Waals surface area contributed by atoms with Gasteiger partial charge in [-0.15, -0.1) is 5.10 Å². The molecule has 0 aliphatic heterocycles. The number of aromatic amines is 1. The van der Waals surface area contributed by atoms with Crippen LogP contribution in [0.2, 0.25) is 0 Å². The number of aromatic nitrogens is 3. The minimum Gasteiger partial charge on any atom is -0.323 e. The largest absolute Gasteiger partial charge is 0.369 e. The molecule has 1 aromatic heterocycles. The highest BCUT2D eigenvalue weighted by Gasteiger charge is 2.33. The van der Waals surface area contributed by atoms with Crippen LogP contribution in [0, 0.1) is 24.7 Å². The standard InChI is InChI=1S/C26H56N.C3H4FN3O2S/c1-8-15-18-24(11-4)21-27(14-7,22-25(12-5)19-16-9-2)23-26(13-6)20-17-10-3;1-2-5-3(7-6-2)10(4,8)9/h24-26H,8-23H2,1-7H3;1H3,(H,5,6,7)/q+1;. The number of nitrogens with zero attached hydrogens (tertiary/aromatic N) is 3. The molecule has 0 saturated carbocycles. The van der Waals surface area contributed by atoms with Gasteiger partial charge < -0.3 is 4.48 Å². The molecule has 1 N–H and O–H groups in total. The third-order valence-corrected chi connectivity index (χ3v) is 8.65. The molecule has 1 heterocycles. The molecule has 0 radical (unpaired) electrons. The molecule has 0 bridgehead atoms. The van der Waals surface area contributed by atoms with Gasteiger partial charge in [-0.2, -0.15) is 8.42 Å². The second kappa shape index (κ2) is 20.0. The second-order valence-electron chi connectivity index (χ2n) is 11.1. The zero-order valence-electron chi connectivity index (χ0n) is 25.5. The van der Waals surface area contributed by atoms with Crippen molar-refractivity contribution in [2.75, 3.05) is 26.2 Å². The Morgan fingerprint density at radius 3 is 1.32 bits per heavy atom. The quantitative estimate of drug-likeness (QED) is 0.132. The first-order valence-electron chi connectivity index (χ1n) is 15.2. The van der Waals surface area contributed by atoms with Crippen molar-refractivity contribution >= 4 is 10.2 Å². The fourth-order valence-electron chi connectivity index (χ4n) is 5.44. The van der Waals surface area contributed by atoms with E-state index in [-0.39, 0.29) is 5.82 Å². The molecule has 0 spiro atoms. The Kier molecular flexibility index (Phi) is 19.4. The van der Waals surface area contributed by atoms with Gasteiger partial charge in [0.05, 0.1) is 26.2 Å². The van der Waals surface area contributed by atoms with Crippen molar-refractivity contribution < 1.29 is 16.8 Å². The van der Waals surface area contributed by atoms with E-state index in [4.69, 9.17) is 0 Å². The average Bonchev–Trinajstić information content (AvgIpc) is 3.33. The molecule has 0 saturated heterocycles. The lowest BCUT2D eigenvalue weighted by atomic mass is 9.90. The molecular weight excluding hydrogens is 487 g/mol. The third kappa shape index (κ3) is 15.2. The van der Waals surface area contributed by atoms with Crippen LogP contribution in [0.15, 0.2) is 5.16 Å². The lowest BCUT2D eigenvalue weighted by molar-refractivity contribution is -0.936. The van der Waals surface area contributed by atoms with Crippen LogP contribution in [0.4, 0.5) is 3.89 Å². The van der Waals surface area contributed by atoms with Crippen molar-refractivity contribution in [1.82, 2.24) is 15.2 Å². The SMILES string of the molecule is CCCCC(CC)C[N+](CC)(CC(CC)CCCC)CC(CC)CCCC.Cc1nc(S(=O)(=O)F)n[nH]1. The molecule has 3 atom stereocenters. The van der Waals surface area contributed by atoms with E-state index in [1.165, 1.54) is 115 Å². The number of nitrogens with one attached hydrogen (secondary N) is 1. The van der Waals surface area contributed by atoms with Crippen LogP contribution in [-0.2, 0) is 10.2 Å². The van der Waals surface area contributed by atoms with E-state index in [1.807, 2.05) is 0 Å². The van der Waals surface area contributed by atoms with Gasteiger partial charge in [-0.05, 0) is 52.4 Å². The first-order chi connectivity index (χ1) is 17.5. The topological polar surface area (TPSA) is 75.7 Å². The van der Waals surface area contributed by atoms with Gasteiger partial charge in [-0.3, -0.25) is 5.10 Å². The fourth-order valence-corrected chi connectivity index (χ4v) is 5.84. The zero-order valence-corrected chi connectivity index (χ0v) is 26.3. The minimum absolute atomic E-state index is 0.260. The number of hydrogen-bond acceptors (Lipinski definition) is 4. The fraction of sp³-hybridized carbons (Fsp3) is 0.931. The van der Waals surface area contributed by atoms with E-state index >= 15 is 0 Å². The summed E-state index contributed by atoms with van der Waals surface area (Å²) in [5.41, 5.74) is 0. The zero-order chi connectivity index (χ0) is 28.3. The Morgan fingerprint density at radius 2 is 1.14 bits per heavy atom. The highest BCUT2D eigenvalue weighted by atomic mass is 32.3. The lowest BCUT2D eigenvalue weighted by Gasteiger charge is -2.44. The van der Waals surface area contributed by atoms with Gasteiger partial charge in [0.2, 0.25) is 0 Å². The molecule has 1 aromatic rings. The lowest BCUT2D eigenvalue weighted by Crippen LogP contribution is -2.55. The van der Waals surface area contributed by atoms with Crippen LogP contribution in [-0.4, -0.2) is 54.3 Å². The van der Waals surface area contributed by atoms with Crippen molar-refractivity contribution in [2.24, 2.45) is 17.8 Å². The molecule has 1 rings (SSSR count). The number of H-pyrrole nitrogens is 1. The number of hydrogen-bond donors (Lipinski definition) is 1. The van der Waals surface area contributed by atoms with E-state index in [1.54, 1.807) is 0 Å². The predicted molar refractivity (Wildman–Crippen MR) is 155 cm³/mol. The Balaban J connectivity index is 0.00000107. The molecule has 8 heteroatoms. The number of rotatable bonds is 20. The molecule has 0 aliphatic carbocycles. The van der Waals surface area contributed by atoms with E-state index in [0.29, 0.717) is 0 Å². The predicted octanol–water partition coefficient (Wildman–Crippen LogP) is 8.24. The summed E-state index contributed by atoms with van der Waals surface area (Å²) in [6.45, 7) is 24.0. The van der Waals surface area contributed by atoms with Gasteiger partial charge in [0.25, 0.3) is 5.16 Å². The van der Waals surface area contributed by atoms with E-state index in [0.717, 1.165) is 17.8 Å². The maximum atomic E-state index is 12.0. The van der Waals surface area contributed by atoms with Crippen LogP contribution < -0.4 is 0 Å². The number of quaternary nitrogens is 1. The van der Waals surface area contributed by atoms with E-state index < -0.39 is 15.4 Å². The summed E-state index contributed by atoms with van der Waals surface area (Å²) in [5.74, 6) is 3.04. The maximum Gasteiger partial charge on any atom is 0.369 e. The van der Waals surface area contributed by atoms with Gasteiger partial charge in [0.15, 0.2) is 0 Å². The van der Waals surface area contributed by atoms with Crippen LogP contribution in [0.3, 0.4) is 0 Å². The van der Waals surface area contributed by atoms with Crippen LogP contribution in [0.5, 0.6) is 0 Å². The minimum atomic E-state index is -4.74. The normalized spacial score (nSPS) is 15.9. The summed E-state index contributed by atoms with van der Waals surface area (Å²) in [5, 5.41) is 4.47. The number of aryl methyl sites for hydroxylation is 1. The Labute approximate surface area is 229 Å². The van der Waals surface area contributed by atoms with Gasteiger partial charge in [0, 0.05) is 17.8 Å². The molecule has 0 amide bonds. The summed E-state index contributed by atoms with van der Waals surface area (Å²) in [6, 6.07) is 0. The first-order valence-corrected chi connectivity index (χ1v) is 16.6. The summed E-state index contributed by atoms with van der Waals surface area (Å²) in [7, 11) is -4.74. The summed E-state index contributed by atoms with van der Waals surface area (Å²) >= 11 is 0. The van der Waals surface area contributed by atoms with Crippen molar-refractivity contribution in [1.29, 1.82) is 0 Å². The highest BCUT2D eigenvalue weighted by Crippen LogP contribution is 2.28. The van der Waals surface area contributed by atoms with Gasteiger partial charge in [0.1, 0.15) is 5.82 Å². The first kappa shape index (κ1) is 36.0. The van der Waals surface area contributed by atoms with Gasteiger partial charge in [-0.1, -0.05) is 84.0 Å². The maximum absolute atomic E-state index is 12.0. The van der Waals surface area contributed by atoms with Crippen molar-refractivity contribution in [2.45, 2.75) is 138 Å². The molecule has 220 valence electrons. The molecule has 0 aliphatic rings. The summed E-state index contributed by atoms with van der Waals surface area (Å²) in [6.07, 6.45) is 16.8.